The van der Waals surface area contributed by atoms with Crippen LogP contribution in [0.3, 0.4) is 0 Å². The van der Waals surface area contributed by atoms with E-state index < -0.39 is 0 Å². The van der Waals surface area contributed by atoms with Gasteiger partial charge in [-0.15, -0.1) is 11.8 Å². The van der Waals surface area contributed by atoms with Gasteiger partial charge in [-0.1, -0.05) is 38.1 Å². The van der Waals surface area contributed by atoms with E-state index in [0.717, 1.165) is 17.1 Å². The van der Waals surface area contributed by atoms with E-state index in [1.807, 2.05) is 50.2 Å². The van der Waals surface area contributed by atoms with Gasteiger partial charge in [-0.05, 0) is 29.8 Å². The van der Waals surface area contributed by atoms with E-state index in [-0.39, 0.29) is 11.7 Å². The van der Waals surface area contributed by atoms with E-state index in [2.05, 4.69) is 12.1 Å². The highest BCUT2D eigenvalue weighted by atomic mass is 32.2. The van der Waals surface area contributed by atoms with Crippen molar-refractivity contribution in [1.82, 2.24) is 0 Å². The molecule has 3 heteroatoms. The van der Waals surface area contributed by atoms with Gasteiger partial charge in [0.15, 0.2) is 5.78 Å². The molecule has 0 saturated carbocycles. The Bertz CT molecular complexity index is 586. The Balaban J connectivity index is 1.95. The van der Waals surface area contributed by atoms with Crippen LogP contribution in [-0.4, -0.2) is 12.9 Å². The zero-order valence-corrected chi connectivity index (χ0v) is 13.4. The number of ether oxygens (including phenoxy) is 1. The first-order valence-corrected chi connectivity index (χ1v) is 7.98. The van der Waals surface area contributed by atoms with Crippen LogP contribution >= 0.6 is 11.8 Å². The van der Waals surface area contributed by atoms with Crippen LogP contribution in [0.5, 0.6) is 5.75 Å². The Morgan fingerprint density at radius 2 is 1.67 bits per heavy atom. The Morgan fingerprint density at radius 3 is 2.19 bits per heavy atom. The third kappa shape index (κ3) is 4.36. The number of methoxy groups -OCH3 is 1. The average molecular weight is 300 g/mol. The van der Waals surface area contributed by atoms with E-state index >= 15 is 0 Å². The van der Waals surface area contributed by atoms with Gasteiger partial charge in [-0.25, -0.2) is 0 Å². The molecular weight excluding hydrogens is 280 g/mol. The topological polar surface area (TPSA) is 26.3 Å². The molecule has 110 valence electrons. The SMILES string of the molecule is COc1ccc(CSc2ccc(C(=O)C(C)C)cc2)cc1. The number of thioether (sulfide) groups is 1. The quantitative estimate of drug-likeness (QED) is 0.565. The number of rotatable bonds is 6. The highest BCUT2D eigenvalue weighted by Gasteiger charge is 2.09. The molecule has 0 aliphatic heterocycles. The van der Waals surface area contributed by atoms with Gasteiger partial charge < -0.3 is 4.74 Å². The molecule has 2 aromatic carbocycles. The number of benzene rings is 2. The van der Waals surface area contributed by atoms with Gasteiger partial charge >= 0.3 is 0 Å². The molecule has 0 aliphatic rings. The van der Waals surface area contributed by atoms with Crippen LogP contribution in [0.2, 0.25) is 0 Å². The van der Waals surface area contributed by atoms with Crippen molar-refractivity contribution in [3.63, 3.8) is 0 Å². The third-order valence-electron chi connectivity index (χ3n) is 3.23. The number of Topliss-reactive ketones (excluding diaryl/α,β-unsaturated/α-hetero) is 1. The van der Waals surface area contributed by atoms with Crippen molar-refractivity contribution < 1.29 is 9.53 Å². The third-order valence-corrected chi connectivity index (χ3v) is 4.31. The summed E-state index contributed by atoms with van der Waals surface area (Å²) in [6, 6.07) is 16.0. The summed E-state index contributed by atoms with van der Waals surface area (Å²) in [6.07, 6.45) is 0. The highest BCUT2D eigenvalue weighted by molar-refractivity contribution is 7.98. The predicted molar refractivity (Wildman–Crippen MR) is 88.2 cm³/mol. The monoisotopic (exact) mass is 300 g/mol. The van der Waals surface area contributed by atoms with Crippen LogP contribution in [-0.2, 0) is 5.75 Å². The van der Waals surface area contributed by atoms with Gasteiger partial charge in [0, 0.05) is 22.1 Å². The second-order valence-electron chi connectivity index (χ2n) is 5.18. The molecule has 0 heterocycles. The summed E-state index contributed by atoms with van der Waals surface area (Å²) < 4.78 is 5.15. The molecular formula is C18H20O2S. The van der Waals surface area contributed by atoms with Gasteiger partial charge in [0.1, 0.15) is 5.75 Å². The first kappa shape index (κ1) is 15.6. The van der Waals surface area contributed by atoms with Crippen molar-refractivity contribution in [3.8, 4) is 5.75 Å². The molecule has 0 N–H and O–H groups in total. The van der Waals surface area contributed by atoms with E-state index in [0.29, 0.717) is 0 Å². The highest BCUT2D eigenvalue weighted by Crippen LogP contribution is 2.24. The van der Waals surface area contributed by atoms with Gasteiger partial charge in [-0.3, -0.25) is 4.79 Å². The standard InChI is InChI=1S/C18H20O2S/c1-13(2)18(19)15-6-10-17(11-7-15)21-12-14-4-8-16(20-3)9-5-14/h4-11,13H,12H2,1-3H3. The lowest BCUT2D eigenvalue weighted by Crippen LogP contribution is -2.06. The maximum absolute atomic E-state index is 11.9. The summed E-state index contributed by atoms with van der Waals surface area (Å²) in [5, 5.41) is 0. The molecule has 0 amide bonds. The molecule has 2 nitrogen and oxygen atoms in total. The second kappa shape index (κ2) is 7.32. The Hall–Kier alpha value is -1.74. The van der Waals surface area contributed by atoms with Crippen LogP contribution < -0.4 is 4.74 Å². The molecule has 2 aromatic rings. The maximum Gasteiger partial charge on any atom is 0.165 e. The normalized spacial score (nSPS) is 10.7. The molecule has 2 rings (SSSR count). The Morgan fingerprint density at radius 1 is 1.05 bits per heavy atom. The summed E-state index contributed by atoms with van der Waals surface area (Å²) in [5.41, 5.74) is 2.04. The fourth-order valence-electron chi connectivity index (χ4n) is 1.94. The number of hydrogen-bond acceptors (Lipinski definition) is 3. The average Bonchev–Trinajstić information content (AvgIpc) is 2.53. The van der Waals surface area contributed by atoms with Gasteiger partial charge in [0.25, 0.3) is 0 Å². The summed E-state index contributed by atoms with van der Waals surface area (Å²) in [7, 11) is 1.67. The lowest BCUT2D eigenvalue weighted by molar-refractivity contribution is 0.0939. The summed E-state index contributed by atoms with van der Waals surface area (Å²) >= 11 is 1.76. The molecule has 0 aliphatic carbocycles. The summed E-state index contributed by atoms with van der Waals surface area (Å²) in [6.45, 7) is 3.85. The number of carbonyl (C=O) groups is 1. The zero-order valence-electron chi connectivity index (χ0n) is 12.6. The Kier molecular flexibility index (Phi) is 5.45. The first-order valence-electron chi connectivity index (χ1n) is 7.00. The molecule has 0 atom stereocenters. The summed E-state index contributed by atoms with van der Waals surface area (Å²) in [5.74, 6) is 2.02. The van der Waals surface area contributed by atoms with Crippen molar-refractivity contribution >= 4 is 17.5 Å². The van der Waals surface area contributed by atoms with Crippen LogP contribution in [0.4, 0.5) is 0 Å². The number of ketones is 1. The molecule has 0 bridgehead atoms. The smallest absolute Gasteiger partial charge is 0.165 e. The maximum atomic E-state index is 11.9. The van der Waals surface area contributed by atoms with Gasteiger partial charge in [-0.2, -0.15) is 0 Å². The minimum atomic E-state index is 0.0443. The van der Waals surface area contributed by atoms with Crippen LogP contribution in [0.15, 0.2) is 53.4 Å². The summed E-state index contributed by atoms with van der Waals surface area (Å²) in [4.78, 5) is 13.0. The number of carbonyl (C=O) groups excluding carboxylic acids is 1. The minimum Gasteiger partial charge on any atom is -0.497 e. The van der Waals surface area contributed by atoms with E-state index in [9.17, 15) is 4.79 Å². The van der Waals surface area contributed by atoms with Crippen molar-refractivity contribution in [2.24, 2.45) is 5.92 Å². The largest absolute Gasteiger partial charge is 0.497 e. The molecule has 0 saturated heterocycles. The fraction of sp³-hybridized carbons (Fsp3) is 0.278. The van der Waals surface area contributed by atoms with Crippen molar-refractivity contribution in [2.75, 3.05) is 7.11 Å². The zero-order chi connectivity index (χ0) is 15.2. The molecule has 0 radical (unpaired) electrons. The van der Waals surface area contributed by atoms with E-state index in [1.165, 1.54) is 10.5 Å². The van der Waals surface area contributed by atoms with E-state index in [4.69, 9.17) is 4.74 Å². The Labute approximate surface area is 130 Å². The lowest BCUT2D eigenvalue weighted by Gasteiger charge is -2.06. The second-order valence-corrected chi connectivity index (χ2v) is 6.23. The first-order chi connectivity index (χ1) is 10.1. The molecule has 0 spiro atoms. The van der Waals surface area contributed by atoms with Crippen LogP contribution in [0.1, 0.15) is 29.8 Å². The van der Waals surface area contributed by atoms with Gasteiger partial charge in [0.05, 0.1) is 7.11 Å². The van der Waals surface area contributed by atoms with Crippen LogP contribution in [0.25, 0.3) is 0 Å². The van der Waals surface area contributed by atoms with Crippen LogP contribution in [0, 0.1) is 5.92 Å². The molecule has 21 heavy (non-hydrogen) atoms. The molecule has 0 aromatic heterocycles. The molecule has 0 fully saturated rings. The van der Waals surface area contributed by atoms with Crippen molar-refractivity contribution in [2.45, 2.75) is 24.5 Å². The van der Waals surface area contributed by atoms with Crippen molar-refractivity contribution in [3.05, 3.63) is 59.7 Å². The predicted octanol–water partition coefficient (Wildman–Crippen LogP) is 4.83. The minimum absolute atomic E-state index is 0.0443. The van der Waals surface area contributed by atoms with Gasteiger partial charge in [0.2, 0.25) is 0 Å². The van der Waals surface area contributed by atoms with Crippen molar-refractivity contribution in [1.29, 1.82) is 0 Å². The lowest BCUT2D eigenvalue weighted by atomic mass is 10.0. The number of hydrogen-bond donors (Lipinski definition) is 0. The molecule has 0 unspecified atom stereocenters. The van der Waals surface area contributed by atoms with E-state index in [1.54, 1.807) is 18.9 Å². The fourth-order valence-corrected chi connectivity index (χ4v) is 2.79.